The molecule has 0 saturated carbocycles. The third kappa shape index (κ3) is 3.17. The second-order valence-electron chi connectivity index (χ2n) is 5.38. The van der Waals surface area contributed by atoms with Crippen LogP contribution in [0.15, 0.2) is 34.1 Å². The number of carbonyl (C=O) groups is 2. The molecule has 2 aliphatic heterocycles. The summed E-state index contributed by atoms with van der Waals surface area (Å²) in [4.78, 5) is 36.8. The van der Waals surface area contributed by atoms with Crippen LogP contribution in [0.1, 0.15) is 11.7 Å². The molecule has 0 saturated heterocycles. The molecule has 2 aliphatic rings. The smallest absolute Gasteiger partial charge is 0.269 e. The molecule has 0 bridgehead atoms. The van der Waals surface area contributed by atoms with Gasteiger partial charge in [-0.25, -0.2) is 0 Å². The minimum absolute atomic E-state index is 0.144. The Balaban J connectivity index is 1.86. The SMILES string of the molecule is O=C1C2=C(SCCS2)C(=O)N1[C@H](CO)[C@H](O)c1ccc([N+](=O)[O-])cc1. The summed E-state index contributed by atoms with van der Waals surface area (Å²) in [7, 11) is 0. The number of aliphatic hydroxyl groups is 2. The first-order valence-corrected chi connectivity index (χ1v) is 9.34. The van der Waals surface area contributed by atoms with Crippen LogP contribution < -0.4 is 0 Å². The summed E-state index contributed by atoms with van der Waals surface area (Å²) in [6.07, 6.45) is -1.35. The number of benzene rings is 1. The van der Waals surface area contributed by atoms with E-state index in [2.05, 4.69) is 0 Å². The summed E-state index contributed by atoms with van der Waals surface area (Å²) in [5.41, 5.74) is 0.130. The molecule has 2 atom stereocenters. The first-order chi connectivity index (χ1) is 12.0. The van der Waals surface area contributed by atoms with Crippen LogP contribution in [0.2, 0.25) is 0 Å². The molecule has 2 heterocycles. The van der Waals surface area contributed by atoms with E-state index >= 15 is 0 Å². The Morgan fingerprint density at radius 1 is 1.12 bits per heavy atom. The van der Waals surface area contributed by atoms with Crippen LogP contribution in [0, 0.1) is 10.1 Å². The third-order valence-corrected chi connectivity index (χ3v) is 6.48. The Kier molecular flexibility index (Phi) is 5.13. The van der Waals surface area contributed by atoms with Gasteiger partial charge in [0, 0.05) is 23.6 Å². The Morgan fingerprint density at radius 2 is 1.64 bits per heavy atom. The van der Waals surface area contributed by atoms with Crippen molar-refractivity contribution in [3.8, 4) is 0 Å². The van der Waals surface area contributed by atoms with Crippen molar-refractivity contribution in [1.29, 1.82) is 0 Å². The van der Waals surface area contributed by atoms with E-state index in [1.807, 2.05) is 0 Å². The number of non-ortho nitro benzene ring substituents is 1. The van der Waals surface area contributed by atoms with E-state index < -0.39 is 35.5 Å². The van der Waals surface area contributed by atoms with Gasteiger partial charge in [-0.3, -0.25) is 24.6 Å². The van der Waals surface area contributed by atoms with E-state index in [1.165, 1.54) is 47.8 Å². The van der Waals surface area contributed by atoms with Crippen molar-refractivity contribution >= 4 is 41.0 Å². The zero-order valence-electron chi connectivity index (χ0n) is 12.8. The highest BCUT2D eigenvalue weighted by atomic mass is 32.2. The molecule has 2 N–H and O–H groups in total. The molecule has 10 heteroatoms. The molecule has 3 rings (SSSR count). The molecule has 0 fully saturated rings. The van der Waals surface area contributed by atoms with Crippen molar-refractivity contribution in [1.82, 2.24) is 4.90 Å². The molecule has 132 valence electrons. The van der Waals surface area contributed by atoms with Crippen LogP contribution in [0.5, 0.6) is 0 Å². The molecule has 1 aromatic rings. The minimum atomic E-state index is -1.35. The lowest BCUT2D eigenvalue weighted by atomic mass is 10.0. The number of carbonyl (C=O) groups excluding carboxylic acids is 2. The Labute approximate surface area is 151 Å². The van der Waals surface area contributed by atoms with Crippen LogP contribution in [-0.4, -0.2) is 56.0 Å². The van der Waals surface area contributed by atoms with Gasteiger partial charge in [0.25, 0.3) is 17.5 Å². The average Bonchev–Trinajstić information content (AvgIpc) is 2.88. The first-order valence-electron chi connectivity index (χ1n) is 7.36. The zero-order valence-corrected chi connectivity index (χ0v) is 14.5. The van der Waals surface area contributed by atoms with Gasteiger partial charge >= 0.3 is 0 Å². The van der Waals surface area contributed by atoms with Crippen molar-refractivity contribution in [2.24, 2.45) is 0 Å². The van der Waals surface area contributed by atoms with E-state index in [1.54, 1.807) is 0 Å². The van der Waals surface area contributed by atoms with Crippen LogP contribution in [0.4, 0.5) is 5.69 Å². The largest absolute Gasteiger partial charge is 0.394 e. The van der Waals surface area contributed by atoms with E-state index in [4.69, 9.17) is 0 Å². The highest BCUT2D eigenvalue weighted by Gasteiger charge is 2.45. The van der Waals surface area contributed by atoms with Gasteiger partial charge in [-0.2, -0.15) is 0 Å². The van der Waals surface area contributed by atoms with Crippen molar-refractivity contribution in [2.75, 3.05) is 18.1 Å². The number of nitro groups is 1. The second-order valence-corrected chi connectivity index (χ2v) is 7.59. The van der Waals surface area contributed by atoms with Crippen molar-refractivity contribution in [2.45, 2.75) is 12.1 Å². The van der Waals surface area contributed by atoms with Gasteiger partial charge in [0.15, 0.2) is 0 Å². The first kappa shape index (κ1) is 17.9. The maximum absolute atomic E-state index is 12.5. The Hall–Kier alpha value is -1.88. The van der Waals surface area contributed by atoms with Gasteiger partial charge < -0.3 is 10.2 Å². The van der Waals surface area contributed by atoms with Gasteiger partial charge in [0.1, 0.15) is 6.10 Å². The second kappa shape index (κ2) is 7.16. The highest BCUT2D eigenvalue weighted by Crippen LogP contribution is 2.42. The predicted molar refractivity (Wildman–Crippen MR) is 92.7 cm³/mol. The molecule has 2 amide bonds. The number of amides is 2. The molecular formula is C15H14N2O6S2. The highest BCUT2D eigenvalue weighted by molar-refractivity contribution is 8.11. The summed E-state index contributed by atoms with van der Waals surface area (Å²) in [6, 6.07) is 3.96. The van der Waals surface area contributed by atoms with E-state index in [9.17, 15) is 29.9 Å². The Bertz CT molecular complexity index is 736. The fraction of sp³-hybridized carbons (Fsp3) is 0.333. The lowest BCUT2D eigenvalue weighted by Crippen LogP contribution is -2.46. The molecule has 0 unspecified atom stereocenters. The molecular weight excluding hydrogens is 368 g/mol. The molecule has 0 radical (unpaired) electrons. The van der Waals surface area contributed by atoms with E-state index in [0.29, 0.717) is 21.3 Å². The number of imide groups is 1. The van der Waals surface area contributed by atoms with Crippen LogP contribution >= 0.6 is 23.5 Å². The van der Waals surface area contributed by atoms with Crippen LogP contribution in [0.25, 0.3) is 0 Å². The van der Waals surface area contributed by atoms with Gasteiger partial charge in [0.05, 0.1) is 27.4 Å². The Morgan fingerprint density at radius 3 is 2.08 bits per heavy atom. The number of hydrogen-bond acceptors (Lipinski definition) is 8. The van der Waals surface area contributed by atoms with Crippen molar-refractivity contribution in [3.05, 3.63) is 49.8 Å². The molecule has 0 aromatic heterocycles. The zero-order chi connectivity index (χ0) is 18.1. The monoisotopic (exact) mass is 382 g/mol. The topological polar surface area (TPSA) is 121 Å². The molecule has 0 spiro atoms. The van der Waals surface area contributed by atoms with E-state index in [-0.39, 0.29) is 11.3 Å². The summed E-state index contributed by atoms with van der Waals surface area (Å²) in [5.74, 6) is 0.394. The quantitative estimate of drug-likeness (QED) is 0.440. The average molecular weight is 382 g/mol. The summed E-state index contributed by atoms with van der Waals surface area (Å²) < 4.78 is 0. The van der Waals surface area contributed by atoms with Crippen molar-refractivity contribution in [3.63, 3.8) is 0 Å². The maximum atomic E-state index is 12.5. The predicted octanol–water partition coefficient (Wildman–Crippen LogP) is 1.05. The van der Waals surface area contributed by atoms with Crippen molar-refractivity contribution < 1.29 is 24.7 Å². The number of thioether (sulfide) groups is 2. The molecule has 8 nitrogen and oxygen atoms in total. The van der Waals surface area contributed by atoms with Gasteiger partial charge in [-0.1, -0.05) is 0 Å². The van der Waals surface area contributed by atoms with Crippen LogP contribution in [-0.2, 0) is 9.59 Å². The third-order valence-electron chi connectivity index (χ3n) is 3.94. The van der Waals surface area contributed by atoms with Crippen LogP contribution in [0.3, 0.4) is 0 Å². The van der Waals surface area contributed by atoms with Gasteiger partial charge in [-0.15, -0.1) is 23.5 Å². The van der Waals surface area contributed by atoms with Gasteiger partial charge in [-0.05, 0) is 17.7 Å². The molecule has 0 aliphatic carbocycles. The molecule has 1 aromatic carbocycles. The maximum Gasteiger partial charge on any atom is 0.269 e. The van der Waals surface area contributed by atoms with E-state index in [0.717, 1.165) is 4.90 Å². The minimum Gasteiger partial charge on any atom is -0.394 e. The fourth-order valence-electron chi connectivity index (χ4n) is 2.69. The van der Waals surface area contributed by atoms with Gasteiger partial charge in [0.2, 0.25) is 0 Å². The number of rotatable bonds is 5. The number of hydrogen-bond donors (Lipinski definition) is 2. The summed E-state index contributed by atoms with van der Waals surface area (Å²) in [6.45, 7) is -0.620. The lowest BCUT2D eigenvalue weighted by Gasteiger charge is -2.29. The fourth-order valence-corrected chi connectivity index (χ4v) is 5.00. The standard InChI is InChI=1S/C15H14N2O6S2/c18-7-10(11(19)8-1-3-9(4-2-8)17(22)23)16-14(20)12-13(15(16)21)25-6-5-24-12/h1-4,10-11,18-19H,5-7H2/t10-,11-/m1/s1. The number of aliphatic hydroxyl groups excluding tert-OH is 2. The lowest BCUT2D eigenvalue weighted by molar-refractivity contribution is -0.384. The summed E-state index contributed by atoms with van der Waals surface area (Å²) >= 11 is 2.60. The number of nitro benzene ring substituents is 1. The summed E-state index contributed by atoms with van der Waals surface area (Å²) in [5, 5.41) is 30.9. The molecule has 25 heavy (non-hydrogen) atoms. The normalized spacial score (nSPS) is 19.8. The number of nitrogens with zero attached hydrogens (tertiary/aromatic N) is 2.